The van der Waals surface area contributed by atoms with Crippen molar-refractivity contribution < 1.29 is 4.74 Å². The van der Waals surface area contributed by atoms with E-state index < -0.39 is 0 Å². The molecule has 0 unspecified atom stereocenters. The molecule has 0 atom stereocenters. The first kappa shape index (κ1) is 11.0. The summed E-state index contributed by atoms with van der Waals surface area (Å²) in [5.41, 5.74) is 1.74. The molecule has 5 heteroatoms. The van der Waals surface area contributed by atoms with Crippen molar-refractivity contribution in [3.8, 4) is 11.5 Å². The number of hydrogen-bond donors (Lipinski definition) is 1. The summed E-state index contributed by atoms with van der Waals surface area (Å²) in [4.78, 5) is 17.9. The quantitative estimate of drug-likeness (QED) is 0.768. The Morgan fingerprint density at radius 3 is 2.78 bits per heavy atom. The van der Waals surface area contributed by atoms with Crippen LogP contribution in [-0.4, -0.2) is 9.97 Å². The third-order valence-corrected chi connectivity index (χ3v) is 3.42. The van der Waals surface area contributed by atoms with Gasteiger partial charge in [-0.05, 0) is 19.1 Å². The highest BCUT2D eigenvalue weighted by molar-refractivity contribution is 7.16. The Bertz CT molecular complexity index is 744. The number of aromatic nitrogens is 2. The lowest BCUT2D eigenvalue weighted by atomic mass is 10.2. The number of aryl methyl sites for hydroxylation is 1. The normalized spacial score (nSPS) is 10.7. The van der Waals surface area contributed by atoms with Crippen LogP contribution in [0.3, 0.4) is 0 Å². The van der Waals surface area contributed by atoms with Gasteiger partial charge in [-0.15, -0.1) is 0 Å². The molecule has 0 aliphatic rings. The van der Waals surface area contributed by atoms with Crippen molar-refractivity contribution in [3.63, 3.8) is 0 Å². The number of rotatable bonds is 2. The summed E-state index contributed by atoms with van der Waals surface area (Å²) in [5, 5.41) is 0. The number of fused-ring (bicyclic) bond motifs is 1. The van der Waals surface area contributed by atoms with Gasteiger partial charge < -0.3 is 4.74 Å². The van der Waals surface area contributed by atoms with Gasteiger partial charge in [-0.25, -0.2) is 4.98 Å². The molecule has 4 nitrogen and oxygen atoms in total. The van der Waals surface area contributed by atoms with Gasteiger partial charge in [0, 0.05) is 12.3 Å². The summed E-state index contributed by atoms with van der Waals surface area (Å²) in [7, 11) is 0. The zero-order valence-electron chi connectivity index (χ0n) is 9.64. The van der Waals surface area contributed by atoms with Crippen molar-refractivity contribution in [2.45, 2.75) is 6.92 Å². The minimum absolute atomic E-state index is 0.127. The topological polar surface area (TPSA) is 55.0 Å². The van der Waals surface area contributed by atoms with Crippen LogP contribution in [0.2, 0.25) is 0 Å². The van der Waals surface area contributed by atoms with E-state index in [0.29, 0.717) is 11.4 Å². The Balaban J connectivity index is 2.04. The highest BCUT2D eigenvalue weighted by atomic mass is 32.1. The van der Waals surface area contributed by atoms with Gasteiger partial charge in [0.15, 0.2) is 5.65 Å². The van der Waals surface area contributed by atoms with E-state index in [1.54, 1.807) is 12.3 Å². The SMILES string of the molecule is Cc1ccc(Oc2ccnc3[nH]c(=O)sc23)cc1. The fraction of sp³-hybridized carbons (Fsp3) is 0.0769. The third kappa shape index (κ3) is 2.00. The molecule has 0 amide bonds. The van der Waals surface area contributed by atoms with Crippen LogP contribution in [0.4, 0.5) is 0 Å². The second-order valence-electron chi connectivity index (χ2n) is 3.92. The minimum Gasteiger partial charge on any atom is -0.456 e. The lowest BCUT2D eigenvalue weighted by molar-refractivity contribution is 0.488. The molecule has 1 aromatic carbocycles. The number of pyridine rings is 1. The van der Waals surface area contributed by atoms with E-state index in [1.165, 1.54) is 5.56 Å². The number of hydrogen-bond acceptors (Lipinski definition) is 4. The molecular weight excluding hydrogens is 248 g/mol. The van der Waals surface area contributed by atoms with Crippen LogP contribution in [0.15, 0.2) is 41.3 Å². The molecule has 3 aromatic rings. The largest absolute Gasteiger partial charge is 0.456 e. The van der Waals surface area contributed by atoms with Crippen molar-refractivity contribution >= 4 is 21.7 Å². The number of nitrogens with zero attached hydrogens (tertiary/aromatic N) is 1. The van der Waals surface area contributed by atoms with Crippen molar-refractivity contribution in [2.24, 2.45) is 0 Å². The average molecular weight is 258 g/mol. The van der Waals surface area contributed by atoms with Gasteiger partial charge in [0.05, 0.1) is 0 Å². The molecule has 0 saturated heterocycles. The molecule has 0 spiro atoms. The van der Waals surface area contributed by atoms with E-state index in [9.17, 15) is 4.79 Å². The second-order valence-corrected chi connectivity index (χ2v) is 4.90. The highest BCUT2D eigenvalue weighted by Gasteiger charge is 2.08. The third-order valence-electron chi connectivity index (χ3n) is 2.53. The zero-order valence-corrected chi connectivity index (χ0v) is 10.5. The fourth-order valence-corrected chi connectivity index (χ4v) is 2.39. The van der Waals surface area contributed by atoms with E-state index in [-0.39, 0.29) is 4.87 Å². The maximum Gasteiger partial charge on any atom is 0.306 e. The van der Waals surface area contributed by atoms with E-state index in [1.807, 2.05) is 31.2 Å². The first-order valence-electron chi connectivity index (χ1n) is 5.45. The smallest absolute Gasteiger partial charge is 0.306 e. The molecule has 0 radical (unpaired) electrons. The number of H-pyrrole nitrogens is 1. The Morgan fingerprint density at radius 1 is 1.22 bits per heavy atom. The Morgan fingerprint density at radius 2 is 2.00 bits per heavy atom. The summed E-state index contributed by atoms with van der Waals surface area (Å²) in [6.45, 7) is 2.02. The van der Waals surface area contributed by atoms with Crippen molar-refractivity contribution in [2.75, 3.05) is 0 Å². The number of aromatic amines is 1. The molecule has 2 heterocycles. The Hall–Kier alpha value is -2.14. The highest BCUT2D eigenvalue weighted by Crippen LogP contribution is 2.29. The van der Waals surface area contributed by atoms with E-state index in [0.717, 1.165) is 21.8 Å². The van der Waals surface area contributed by atoms with E-state index >= 15 is 0 Å². The van der Waals surface area contributed by atoms with Gasteiger partial charge in [-0.1, -0.05) is 29.0 Å². The van der Waals surface area contributed by atoms with E-state index in [4.69, 9.17) is 4.74 Å². The van der Waals surface area contributed by atoms with Crippen LogP contribution in [0.1, 0.15) is 5.56 Å². The molecule has 90 valence electrons. The lowest BCUT2D eigenvalue weighted by Gasteiger charge is -2.05. The van der Waals surface area contributed by atoms with Crippen LogP contribution in [0.5, 0.6) is 11.5 Å². The van der Waals surface area contributed by atoms with Crippen molar-refractivity contribution in [3.05, 3.63) is 51.8 Å². The molecule has 0 fully saturated rings. The standard InChI is InChI=1S/C13H10N2O2S/c1-8-2-4-9(5-3-8)17-10-6-7-14-12-11(10)18-13(16)15-12/h2-7H,1H3,(H,14,15,16). The summed E-state index contributed by atoms with van der Waals surface area (Å²) >= 11 is 1.10. The first-order chi connectivity index (χ1) is 8.72. The maximum absolute atomic E-state index is 11.3. The number of benzene rings is 1. The molecule has 0 saturated carbocycles. The summed E-state index contributed by atoms with van der Waals surface area (Å²) < 4.78 is 6.51. The summed E-state index contributed by atoms with van der Waals surface area (Å²) in [6.07, 6.45) is 1.62. The predicted molar refractivity (Wildman–Crippen MR) is 71.5 cm³/mol. The van der Waals surface area contributed by atoms with Gasteiger partial charge in [0.2, 0.25) is 0 Å². The van der Waals surface area contributed by atoms with Crippen LogP contribution < -0.4 is 9.61 Å². The minimum atomic E-state index is -0.127. The summed E-state index contributed by atoms with van der Waals surface area (Å²) in [5.74, 6) is 1.39. The number of ether oxygens (including phenoxy) is 1. The van der Waals surface area contributed by atoms with Crippen LogP contribution in [-0.2, 0) is 0 Å². The van der Waals surface area contributed by atoms with Crippen molar-refractivity contribution in [1.82, 2.24) is 9.97 Å². The Kier molecular flexibility index (Phi) is 2.60. The first-order valence-corrected chi connectivity index (χ1v) is 6.26. The molecule has 0 aliphatic carbocycles. The molecule has 3 rings (SSSR count). The van der Waals surface area contributed by atoms with Crippen LogP contribution >= 0.6 is 11.3 Å². The maximum atomic E-state index is 11.3. The fourth-order valence-electron chi connectivity index (χ4n) is 1.65. The van der Waals surface area contributed by atoms with Gasteiger partial charge >= 0.3 is 4.87 Å². The van der Waals surface area contributed by atoms with Crippen LogP contribution in [0.25, 0.3) is 10.3 Å². The zero-order chi connectivity index (χ0) is 12.5. The molecule has 0 bridgehead atoms. The average Bonchev–Trinajstić information content (AvgIpc) is 2.73. The van der Waals surface area contributed by atoms with Gasteiger partial charge in [0.1, 0.15) is 16.2 Å². The number of thiazole rings is 1. The summed E-state index contributed by atoms with van der Waals surface area (Å²) in [6, 6.07) is 9.51. The molecule has 18 heavy (non-hydrogen) atoms. The van der Waals surface area contributed by atoms with Gasteiger partial charge in [-0.3, -0.25) is 9.78 Å². The predicted octanol–water partition coefficient (Wildman–Crippen LogP) is 3.09. The molecule has 2 aromatic heterocycles. The molecular formula is C13H10N2O2S. The van der Waals surface area contributed by atoms with Gasteiger partial charge in [0.25, 0.3) is 0 Å². The monoisotopic (exact) mass is 258 g/mol. The van der Waals surface area contributed by atoms with E-state index in [2.05, 4.69) is 9.97 Å². The lowest BCUT2D eigenvalue weighted by Crippen LogP contribution is -1.90. The number of nitrogens with one attached hydrogen (secondary N) is 1. The van der Waals surface area contributed by atoms with Crippen molar-refractivity contribution in [1.29, 1.82) is 0 Å². The van der Waals surface area contributed by atoms with Gasteiger partial charge in [-0.2, -0.15) is 0 Å². The molecule has 0 aliphatic heterocycles. The Labute approximate surface area is 107 Å². The second kappa shape index (κ2) is 4.27. The molecule has 1 N–H and O–H groups in total. The van der Waals surface area contributed by atoms with Crippen LogP contribution in [0, 0.1) is 6.92 Å².